The third-order valence-corrected chi connectivity index (χ3v) is 11.8. The molecule has 2 rings (SSSR count). The quantitative estimate of drug-likeness (QED) is 0.323. The molecule has 2 aromatic carbocycles. The van der Waals surface area contributed by atoms with E-state index in [4.69, 9.17) is 0 Å². The highest BCUT2D eigenvalue weighted by atomic mass is 28.3. The second-order valence-electron chi connectivity index (χ2n) is 8.03. The molecule has 0 radical (unpaired) electrons. The van der Waals surface area contributed by atoms with Crippen molar-refractivity contribution in [3.05, 3.63) is 71.0 Å². The molecule has 1 nitrogen and oxygen atoms in total. The molecule has 0 N–H and O–H groups in total. The van der Waals surface area contributed by atoms with E-state index in [0.717, 1.165) is 5.56 Å². The van der Waals surface area contributed by atoms with Crippen LogP contribution in [0.3, 0.4) is 0 Å². The molecule has 0 heterocycles. The molecule has 0 aliphatic carbocycles. The topological polar surface area (TPSA) is 17.1 Å². The van der Waals surface area contributed by atoms with Gasteiger partial charge >= 0.3 is 0 Å². The van der Waals surface area contributed by atoms with E-state index in [1.54, 1.807) is 6.07 Å². The van der Waals surface area contributed by atoms with Gasteiger partial charge in [0.1, 0.15) is 13.9 Å². The predicted octanol–water partition coefficient (Wildman–Crippen LogP) is 6.63. The lowest BCUT2D eigenvalue weighted by molar-refractivity contribution is 0.103. The van der Waals surface area contributed by atoms with Crippen LogP contribution in [0.15, 0.2) is 48.5 Å². The maximum atomic E-state index is 13.2. The summed E-state index contributed by atoms with van der Waals surface area (Å²) in [5, 5.41) is 0. The third kappa shape index (κ3) is 4.39. The number of ketones is 1. The van der Waals surface area contributed by atoms with Crippen LogP contribution in [-0.2, 0) is 0 Å². The second kappa shape index (κ2) is 8.67. The SMILES string of the molecule is CC(C)[Si](C#Cc1ccccc1C(=O)c1ccc(F)cc1)(C(C)C)C(C)C. The summed E-state index contributed by atoms with van der Waals surface area (Å²) < 4.78 is 13.2. The minimum Gasteiger partial charge on any atom is -0.289 e. The summed E-state index contributed by atoms with van der Waals surface area (Å²) in [7, 11) is -1.88. The summed E-state index contributed by atoms with van der Waals surface area (Å²) in [6.07, 6.45) is 0. The Hall–Kier alpha value is -2.18. The molecular formula is C24H29FOSi. The smallest absolute Gasteiger partial charge is 0.194 e. The van der Waals surface area contributed by atoms with Crippen LogP contribution in [0.25, 0.3) is 0 Å². The van der Waals surface area contributed by atoms with Crippen molar-refractivity contribution in [2.24, 2.45) is 0 Å². The van der Waals surface area contributed by atoms with E-state index in [1.165, 1.54) is 24.3 Å². The minimum absolute atomic E-state index is 0.120. The maximum absolute atomic E-state index is 13.2. The third-order valence-electron chi connectivity index (χ3n) is 5.56. The van der Waals surface area contributed by atoms with Crippen molar-refractivity contribution in [3.8, 4) is 11.5 Å². The molecule has 27 heavy (non-hydrogen) atoms. The van der Waals surface area contributed by atoms with Crippen LogP contribution in [0.2, 0.25) is 16.6 Å². The molecule has 0 atom stereocenters. The first kappa shape index (κ1) is 21.1. The highest BCUT2D eigenvalue weighted by molar-refractivity contribution is 6.90. The van der Waals surface area contributed by atoms with Gasteiger partial charge in [-0.1, -0.05) is 59.6 Å². The number of hydrogen-bond donors (Lipinski definition) is 0. The van der Waals surface area contributed by atoms with Crippen molar-refractivity contribution in [2.75, 3.05) is 0 Å². The molecule has 0 fully saturated rings. The van der Waals surface area contributed by atoms with Gasteiger partial charge < -0.3 is 0 Å². The molecule has 0 aliphatic rings. The molecule has 3 heteroatoms. The summed E-state index contributed by atoms with van der Waals surface area (Å²) in [5.41, 5.74) is 7.09. The van der Waals surface area contributed by atoms with Gasteiger partial charge in [-0.05, 0) is 53.0 Å². The largest absolute Gasteiger partial charge is 0.289 e. The van der Waals surface area contributed by atoms with Crippen molar-refractivity contribution in [1.29, 1.82) is 0 Å². The molecule has 142 valence electrons. The monoisotopic (exact) mass is 380 g/mol. The minimum atomic E-state index is -1.88. The van der Waals surface area contributed by atoms with Crippen molar-refractivity contribution in [2.45, 2.75) is 58.2 Å². The van der Waals surface area contributed by atoms with Crippen LogP contribution in [0, 0.1) is 17.3 Å². The van der Waals surface area contributed by atoms with Gasteiger partial charge in [-0.3, -0.25) is 4.79 Å². The molecule has 2 aromatic rings. The Morgan fingerprint density at radius 1 is 0.852 bits per heavy atom. The first-order valence-corrected chi connectivity index (χ1v) is 11.9. The Kier molecular flexibility index (Phi) is 6.78. The van der Waals surface area contributed by atoms with E-state index in [2.05, 4.69) is 53.0 Å². The van der Waals surface area contributed by atoms with E-state index >= 15 is 0 Å². The van der Waals surface area contributed by atoms with Crippen molar-refractivity contribution in [1.82, 2.24) is 0 Å². The molecule has 0 saturated carbocycles. The summed E-state index contributed by atoms with van der Waals surface area (Å²) in [6.45, 7) is 13.6. The number of carbonyl (C=O) groups is 1. The number of rotatable bonds is 5. The lowest BCUT2D eigenvalue weighted by Crippen LogP contribution is -2.43. The van der Waals surface area contributed by atoms with Gasteiger partial charge in [0.05, 0.1) is 0 Å². The maximum Gasteiger partial charge on any atom is 0.194 e. The van der Waals surface area contributed by atoms with Crippen molar-refractivity contribution in [3.63, 3.8) is 0 Å². The molecule has 0 unspecified atom stereocenters. The molecule has 0 spiro atoms. The second-order valence-corrected chi connectivity index (χ2v) is 13.6. The zero-order chi connectivity index (χ0) is 20.2. The van der Waals surface area contributed by atoms with Crippen LogP contribution in [0.4, 0.5) is 4.39 Å². The van der Waals surface area contributed by atoms with Crippen LogP contribution in [0.1, 0.15) is 63.0 Å². The van der Waals surface area contributed by atoms with E-state index < -0.39 is 8.07 Å². The fraction of sp³-hybridized carbons (Fsp3) is 0.375. The molecule has 0 amide bonds. The molecule has 0 aromatic heterocycles. The van der Waals surface area contributed by atoms with Crippen LogP contribution in [0.5, 0.6) is 0 Å². The van der Waals surface area contributed by atoms with Gasteiger partial charge in [0.25, 0.3) is 0 Å². The normalized spacial score (nSPS) is 11.6. The van der Waals surface area contributed by atoms with Crippen molar-refractivity contribution >= 4 is 13.9 Å². The van der Waals surface area contributed by atoms with E-state index in [1.807, 2.05) is 18.2 Å². The summed E-state index contributed by atoms with van der Waals surface area (Å²) in [5.74, 6) is 2.91. The number of hydrogen-bond acceptors (Lipinski definition) is 1. The van der Waals surface area contributed by atoms with Crippen LogP contribution >= 0.6 is 0 Å². The van der Waals surface area contributed by atoms with Gasteiger partial charge in [-0.2, -0.15) is 0 Å². The zero-order valence-electron chi connectivity index (χ0n) is 17.1. The Balaban J connectivity index is 2.52. The van der Waals surface area contributed by atoms with E-state index in [0.29, 0.717) is 27.8 Å². The Bertz CT molecular complexity index is 832. The molecular weight excluding hydrogens is 351 g/mol. The van der Waals surface area contributed by atoms with Gasteiger partial charge in [-0.25, -0.2) is 4.39 Å². The van der Waals surface area contributed by atoms with Gasteiger partial charge in [0, 0.05) is 16.7 Å². The average molecular weight is 381 g/mol. The lowest BCUT2D eigenvalue weighted by atomic mass is 9.99. The fourth-order valence-electron chi connectivity index (χ4n) is 4.16. The summed E-state index contributed by atoms with van der Waals surface area (Å²) in [6, 6.07) is 13.2. The Morgan fingerprint density at radius 3 is 1.89 bits per heavy atom. The standard InChI is InChI=1S/C24H29FOSi/c1-17(2)27(18(3)4,19(5)6)16-15-20-9-7-8-10-23(20)24(26)21-11-13-22(25)14-12-21/h7-14,17-19H,1-6H3. The highest BCUT2D eigenvalue weighted by Gasteiger charge is 2.41. The van der Waals surface area contributed by atoms with Gasteiger partial charge in [0.15, 0.2) is 5.78 Å². The number of carbonyl (C=O) groups excluding carboxylic acids is 1. The molecule has 0 aliphatic heterocycles. The first-order chi connectivity index (χ1) is 12.7. The molecule has 0 saturated heterocycles. The van der Waals surface area contributed by atoms with E-state index in [-0.39, 0.29) is 11.6 Å². The zero-order valence-corrected chi connectivity index (χ0v) is 18.1. The van der Waals surface area contributed by atoms with Gasteiger partial charge in [0.2, 0.25) is 0 Å². The van der Waals surface area contributed by atoms with Crippen LogP contribution < -0.4 is 0 Å². The Morgan fingerprint density at radius 2 is 1.37 bits per heavy atom. The summed E-state index contributed by atoms with van der Waals surface area (Å²) >= 11 is 0. The van der Waals surface area contributed by atoms with Crippen LogP contribution in [-0.4, -0.2) is 13.9 Å². The Labute approximate surface area is 164 Å². The highest BCUT2D eigenvalue weighted by Crippen LogP contribution is 2.40. The predicted molar refractivity (Wildman–Crippen MR) is 114 cm³/mol. The average Bonchev–Trinajstić information content (AvgIpc) is 2.61. The van der Waals surface area contributed by atoms with Crippen molar-refractivity contribution < 1.29 is 9.18 Å². The summed E-state index contributed by atoms with van der Waals surface area (Å²) in [4.78, 5) is 12.9. The lowest BCUT2D eigenvalue weighted by Gasteiger charge is -2.38. The number of halogens is 1. The fourth-order valence-corrected chi connectivity index (χ4v) is 9.37. The molecule has 0 bridgehead atoms. The number of benzene rings is 2. The first-order valence-electron chi connectivity index (χ1n) is 9.62. The van der Waals surface area contributed by atoms with Gasteiger partial charge in [-0.15, -0.1) is 5.54 Å². The van der Waals surface area contributed by atoms with E-state index in [9.17, 15) is 9.18 Å².